The molecule has 0 spiro atoms. The van der Waals surface area contributed by atoms with Crippen LogP contribution in [-0.4, -0.2) is 42.6 Å². The number of hydrogen-bond acceptors (Lipinski definition) is 8. The number of aromatic nitrogens is 1. The predicted octanol–water partition coefficient (Wildman–Crippen LogP) is 4.80. The Balaban J connectivity index is 1.96. The number of ether oxygens (including phenoxy) is 3. The second-order valence-corrected chi connectivity index (χ2v) is 9.05. The van der Waals surface area contributed by atoms with E-state index in [0.29, 0.717) is 40.1 Å². The molecule has 3 aromatic rings. The predicted molar refractivity (Wildman–Crippen MR) is 134 cm³/mol. The van der Waals surface area contributed by atoms with Gasteiger partial charge in [0.25, 0.3) is 5.78 Å². The van der Waals surface area contributed by atoms with Gasteiger partial charge in [-0.15, -0.1) is 11.3 Å². The molecule has 1 atom stereocenters. The molecule has 0 aliphatic carbocycles. The minimum atomic E-state index is -0.975. The molecule has 8 nitrogen and oxygen atoms in total. The first-order chi connectivity index (χ1) is 16.8. The van der Waals surface area contributed by atoms with Crippen molar-refractivity contribution in [1.29, 1.82) is 0 Å². The Morgan fingerprint density at radius 2 is 1.74 bits per heavy atom. The zero-order valence-electron chi connectivity index (χ0n) is 20.1. The number of anilines is 1. The van der Waals surface area contributed by atoms with Gasteiger partial charge in [-0.3, -0.25) is 14.5 Å². The van der Waals surface area contributed by atoms with Crippen LogP contribution in [0.1, 0.15) is 34.7 Å². The minimum absolute atomic E-state index is 0.0591. The Labute approximate surface area is 207 Å². The topological polar surface area (TPSA) is 98.2 Å². The van der Waals surface area contributed by atoms with Crippen molar-refractivity contribution >= 4 is 33.9 Å². The molecule has 2 heterocycles. The standard InChI is InChI=1S/C26H26N2O6S/c1-6-34-17-9-7-16(8-10-17)23(29)21-22(19-13-18(32-4)11-12-20(19)33-5)28(25(31)24(21)30)26-27-14(2)15(3)35-26/h7-13,22,29H,6H2,1-5H3/b23-21+. The van der Waals surface area contributed by atoms with E-state index in [1.807, 2.05) is 20.8 Å². The van der Waals surface area contributed by atoms with Crippen LogP contribution < -0.4 is 19.1 Å². The minimum Gasteiger partial charge on any atom is -0.507 e. The highest BCUT2D eigenvalue weighted by atomic mass is 32.1. The molecule has 1 unspecified atom stereocenters. The van der Waals surface area contributed by atoms with Gasteiger partial charge < -0.3 is 19.3 Å². The maximum atomic E-state index is 13.4. The van der Waals surface area contributed by atoms with Crippen molar-refractivity contribution < 1.29 is 28.9 Å². The van der Waals surface area contributed by atoms with Crippen molar-refractivity contribution in [2.45, 2.75) is 26.8 Å². The summed E-state index contributed by atoms with van der Waals surface area (Å²) in [5.41, 5.74) is 1.57. The number of benzene rings is 2. The lowest BCUT2D eigenvalue weighted by Gasteiger charge is -2.25. The smallest absolute Gasteiger partial charge is 0.301 e. The number of aliphatic hydroxyl groups excluding tert-OH is 1. The number of Topliss-reactive ketones (excluding diaryl/α,β-unsaturated/α-hetero) is 1. The third-order valence-corrected chi connectivity index (χ3v) is 6.91. The molecule has 1 aliphatic heterocycles. The summed E-state index contributed by atoms with van der Waals surface area (Å²) in [6.45, 7) is 6.11. The summed E-state index contributed by atoms with van der Waals surface area (Å²) in [7, 11) is 3.03. The molecule has 35 heavy (non-hydrogen) atoms. The van der Waals surface area contributed by atoms with Gasteiger partial charge in [0, 0.05) is 16.0 Å². The van der Waals surface area contributed by atoms with Crippen LogP contribution in [0.25, 0.3) is 5.76 Å². The van der Waals surface area contributed by atoms with Crippen LogP contribution in [0, 0.1) is 13.8 Å². The molecule has 1 amide bonds. The van der Waals surface area contributed by atoms with Crippen LogP contribution in [0.3, 0.4) is 0 Å². The fourth-order valence-electron chi connectivity index (χ4n) is 3.97. The van der Waals surface area contributed by atoms with Gasteiger partial charge in [-0.25, -0.2) is 4.98 Å². The molecule has 1 N–H and O–H groups in total. The highest BCUT2D eigenvalue weighted by Gasteiger charge is 2.49. The van der Waals surface area contributed by atoms with Crippen molar-refractivity contribution in [3.63, 3.8) is 0 Å². The van der Waals surface area contributed by atoms with Crippen molar-refractivity contribution in [3.8, 4) is 17.2 Å². The molecule has 1 fully saturated rings. The second-order valence-electron chi connectivity index (χ2n) is 7.87. The Morgan fingerprint density at radius 3 is 2.31 bits per heavy atom. The fraction of sp³-hybridized carbons (Fsp3) is 0.269. The highest BCUT2D eigenvalue weighted by molar-refractivity contribution is 7.16. The number of aliphatic hydroxyl groups is 1. The molecule has 1 aliphatic rings. The van der Waals surface area contributed by atoms with Crippen molar-refractivity contribution in [1.82, 2.24) is 4.98 Å². The normalized spacial score (nSPS) is 17.1. The van der Waals surface area contributed by atoms with Crippen molar-refractivity contribution in [3.05, 3.63) is 69.7 Å². The van der Waals surface area contributed by atoms with Gasteiger partial charge >= 0.3 is 5.91 Å². The first-order valence-corrected chi connectivity index (χ1v) is 11.8. The van der Waals surface area contributed by atoms with E-state index >= 15 is 0 Å². The Bertz CT molecular complexity index is 1290. The summed E-state index contributed by atoms with van der Waals surface area (Å²) in [5.74, 6) is -0.305. The maximum absolute atomic E-state index is 13.4. The van der Waals surface area contributed by atoms with Gasteiger partial charge in [0.2, 0.25) is 0 Å². The van der Waals surface area contributed by atoms with Gasteiger partial charge in [-0.2, -0.15) is 0 Å². The van der Waals surface area contributed by atoms with E-state index in [9.17, 15) is 14.7 Å². The first kappa shape index (κ1) is 24.3. The molecular formula is C26H26N2O6S. The number of rotatable bonds is 7. The average Bonchev–Trinajstić information content (AvgIpc) is 3.33. The molecule has 1 saturated heterocycles. The number of carbonyl (C=O) groups excluding carboxylic acids is 2. The molecule has 0 saturated carbocycles. The zero-order valence-corrected chi connectivity index (χ0v) is 20.9. The summed E-state index contributed by atoms with van der Waals surface area (Å²) in [5, 5.41) is 11.7. The number of amides is 1. The number of hydrogen-bond donors (Lipinski definition) is 1. The van der Waals surface area contributed by atoms with Gasteiger partial charge in [0.15, 0.2) is 5.13 Å². The zero-order chi connectivity index (χ0) is 25.3. The van der Waals surface area contributed by atoms with Crippen LogP contribution in [0.2, 0.25) is 0 Å². The first-order valence-electron chi connectivity index (χ1n) is 11.0. The van der Waals surface area contributed by atoms with Crippen LogP contribution in [0.4, 0.5) is 5.13 Å². The SMILES string of the molecule is CCOc1ccc(/C(O)=C2\C(=O)C(=O)N(c3nc(C)c(C)s3)C2c2cc(OC)ccc2OC)cc1. The second kappa shape index (κ2) is 9.79. The van der Waals surface area contributed by atoms with Gasteiger partial charge in [0.05, 0.1) is 32.1 Å². The maximum Gasteiger partial charge on any atom is 0.301 e. The number of ketones is 1. The monoisotopic (exact) mass is 494 g/mol. The van der Waals surface area contributed by atoms with E-state index in [0.717, 1.165) is 10.6 Å². The number of carbonyl (C=O) groups is 2. The molecule has 1 aromatic heterocycles. The van der Waals surface area contributed by atoms with E-state index in [1.165, 1.54) is 30.5 Å². The van der Waals surface area contributed by atoms with E-state index in [2.05, 4.69) is 4.98 Å². The molecule has 0 radical (unpaired) electrons. The fourth-order valence-corrected chi connectivity index (χ4v) is 4.90. The molecule has 0 bridgehead atoms. The lowest BCUT2D eigenvalue weighted by molar-refractivity contribution is -0.132. The van der Waals surface area contributed by atoms with Crippen LogP contribution in [-0.2, 0) is 9.59 Å². The highest BCUT2D eigenvalue weighted by Crippen LogP contribution is 2.47. The molecule has 4 rings (SSSR count). The summed E-state index contributed by atoms with van der Waals surface area (Å²) >= 11 is 1.31. The number of aryl methyl sites for hydroxylation is 2. The van der Waals surface area contributed by atoms with Gasteiger partial charge in [-0.1, -0.05) is 0 Å². The van der Waals surface area contributed by atoms with Crippen molar-refractivity contribution in [2.24, 2.45) is 0 Å². The molecule has 182 valence electrons. The Morgan fingerprint density at radius 1 is 1.06 bits per heavy atom. The number of thiazole rings is 1. The van der Waals surface area contributed by atoms with E-state index in [1.54, 1.807) is 42.5 Å². The third kappa shape index (κ3) is 4.35. The van der Waals surface area contributed by atoms with E-state index in [-0.39, 0.29) is 11.3 Å². The lowest BCUT2D eigenvalue weighted by atomic mass is 9.94. The molecular weight excluding hydrogens is 468 g/mol. The quantitative estimate of drug-likeness (QED) is 0.286. The van der Waals surface area contributed by atoms with E-state index < -0.39 is 17.7 Å². The third-order valence-electron chi connectivity index (χ3n) is 5.84. The number of nitrogens with zero attached hydrogens (tertiary/aromatic N) is 2. The van der Waals surface area contributed by atoms with E-state index in [4.69, 9.17) is 14.2 Å². The lowest BCUT2D eigenvalue weighted by Crippen LogP contribution is -2.29. The number of methoxy groups -OCH3 is 2. The van der Waals surface area contributed by atoms with Gasteiger partial charge in [-0.05, 0) is 63.2 Å². The molecule has 9 heteroatoms. The van der Waals surface area contributed by atoms with Crippen LogP contribution in [0.5, 0.6) is 17.2 Å². The van der Waals surface area contributed by atoms with Crippen LogP contribution >= 0.6 is 11.3 Å². The summed E-state index contributed by atoms with van der Waals surface area (Å²) < 4.78 is 16.4. The summed E-state index contributed by atoms with van der Waals surface area (Å²) in [6, 6.07) is 10.8. The average molecular weight is 495 g/mol. The van der Waals surface area contributed by atoms with Crippen LogP contribution in [0.15, 0.2) is 48.0 Å². The Hall–Kier alpha value is -3.85. The van der Waals surface area contributed by atoms with Gasteiger partial charge in [0.1, 0.15) is 29.0 Å². The largest absolute Gasteiger partial charge is 0.507 e. The summed E-state index contributed by atoms with van der Waals surface area (Å²) in [6.07, 6.45) is 0. The molecule has 2 aromatic carbocycles. The summed E-state index contributed by atoms with van der Waals surface area (Å²) in [4.78, 5) is 33.5. The Kier molecular flexibility index (Phi) is 6.79. The van der Waals surface area contributed by atoms with Crippen molar-refractivity contribution in [2.75, 3.05) is 25.7 Å².